The Balaban J connectivity index is 1.55. The zero-order chi connectivity index (χ0) is 31.3. The molecular formula is C39H42O5. The fraction of sp³-hybridized carbons (Fsp3) is 0.308. The van der Waals surface area contributed by atoms with Gasteiger partial charge in [-0.3, -0.25) is 0 Å². The molecule has 0 spiro atoms. The first-order valence-corrected chi connectivity index (χ1v) is 15.2. The molecule has 0 unspecified atom stereocenters. The second-order valence-corrected chi connectivity index (χ2v) is 12.7. The van der Waals surface area contributed by atoms with Gasteiger partial charge in [-0.05, 0) is 72.2 Å². The van der Waals surface area contributed by atoms with Gasteiger partial charge in [0.2, 0.25) is 0 Å². The standard InChI is InChI=1S/C39H42O5/c1-26(2)32-24-33(28-16-18-29(19-17-28)39(3,4)5)36(22-27-12-8-6-9-13-27)44-38(32)34-23-31(43-30-14-10-7-11-15-30)20-21-35(34)42-25-37(40)41/h6-21,23,32-33,36,38H,1,22,24-25H2,2-5H3,(H,40,41)/t32-,33-,36+,38+/m0/s1. The summed E-state index contributed by atoms with van der Waals surface area (Å²) in [5, 5.41) is 9.41. The first-order valence-electron chi connectivity index (χ1n) is 15.2. The number of para-hydroxylation sites is 1. The van der Waals surface area contributed by atoms with Crippen LogP contribution >= 0.6 is 0 Å². The second kappa shape index (κ2) is 13.5. The van der Waals surface area contributed by atoms with Gasteiger partial charge in [-0.2, -0.15) is 0 Å². The number of aliphatic carboxylic acids is 1. The van der Waals surface area contributed by atoms with Crippen LogP contribution in [0.3, 0.4) is 0 Å². The minimum Gasteiger partial charge on any atom is -0.482 e. The molecule has 1 heterocycles. The molecule has 4 atom stereocenters. The van der Waals surface area contributed by atoms with Crippen molar-refractivity contribution in [2.45, 2.75) is 64.1 Å². The van der Waals surface area contributed by atoms with E-state index in [2.05, 4.69) is 75.9 Å². The first kappa shape index (κ1) is 31.1. The molecule has 0 aliphatic carbocycles. The average molecular weight is 591 g/mol. The van der Waals surface area contributed by atoms with Crippen molar-refractivity contribution in [3.63, 3.8) is 0 Å². The van der Waals surface area contributed by atoms with E-state index in [0.717, 1.165) is 24.0 Å². The number of carbonyl (C=O) groups is 1. The van der Waals surface area contributed by atoms with Gasteiger partial charge in [0.15, 0.2) is 6.61 Å². The van der Waals surface area contributed by atoms with E-state index in [0.29, 0.717) is 17.2 Å². The average Bonchev–Trinajstić information content (AvgIpc) is 3.00. The van der Waals surface area contributed by atoms with Gasteiger partial charge in [0.1, 0.15) is 17.2 Å². The molecule has 5 heteroatoms. The lowest BCUT2D eigenvalue weighted by atomic mass is 9.74. The minimum atomic E-state index is -1.04. The molecule has 228 valence electrons. The van der Waals surface area contributed by atoms with Crippen LogP contribution in [0.1, 0.15) is 68.4 Å². The summed E-state index contributed by atoms with van der Waals surface area (Å²) in [5.74, 6) is 0.859. The molecule has 0 radical (unpaired) electrons. The Morgan fingerprint density at radius 3 is 2.18 bits per heavy atom. The predicted octanol–water partition coefficient (Wildman–Crippen LogP) is 9.29. The monoisotopic (exact) mass is 590 g/mol. The van der Waals surface area contributed by atoms with E-state index in [1.54, 1.807) is 12.1 Å². The van der Waals surface area contributed by atoms with E-state index in [4.69, 9.17) is 14.2 Å². The maximum atomic E-state index is 11.5. The van der Waals surface area contributed by atoms with Crippen LogP contribution in [0.15, 0.2) is 115 Å². The highest BCUT2D eigenvalue weighted by Gasteiger charge is 2.41. The molecule has 1 N–H and O–H groups in total. The first-order chi connectivity index (χ1) is 21.1. The number of rotatable bonds is 10. The molecular weight excluding hydrogens is 548 g/mol. The van der Waals surface area contributed by atoms with Crippen LogP contribution in [0.25, 0.3) is 0 Å². The molecule has 4 aromatic rings. The maximum Gasteiger partial charge on any atom is 0.341 e. The van der Waals surface area contributed by atoms with Crippen molar-refractivity contribution in [3.05, 3.63) is 138 Å². The Bertz CT molecular complexity index is 1550. The lowest BCUT2D eigenvalue weighted by molar-refractivity contribution is -0.139. The Hall–Kier alpha value is -4.35. The fourth-order valence-corrected chi connectivity index (χ4v) is 6.00. The van der Waals surface area contributed by atoms with Crippen LogP contribution in [0, 0.1) is 5.92 Å². The highest BCUT2D eigenvalue weighted by atomic mass is 16.5. The highest BCUT2D eigenvalue weighted by Crippen LogP contribution is 2.49. The van der Waals surface area contributed by atoms with Crippen LogP contribution in [-0.2, 0) is 21.4 Å². The van der Waals surface area contributed by atoms with Gasteiger partial charge in [0.25, 0.3) is 0 Å². The Kier molecular flexibility index (Phi) is 9.55. The molecule has 1 saturated heterocycles. The lowest BCUT2D eigenvalue weighted by Gasteiger charge is -2.43. The van der Waals surface area contributed by atoms with Gasteiger partial charge in [-0.15, -0.1) is 0 Å². The van der Waals surface area contributed by atoms with E-state index in [1.807, 2.05) is 49.4 Å². The third-order valence-corrected chi connectivity index (χ3v) is 8.38. The summed E-state index contributed by atoms with van der Waals surface area (Å²) in [7, 11) is 0. The number of benzene rings is 4. The highest BCUT2D eigenvalue weighted by molar-refractivity contribution is 5.68. The summed E-state index contributed by atoms with van der Waals surface area (Å²) >= 11 is 0. The van der Waals surface area contributed by atoms with Crippen molar-refractivity contribution in [1.29, 1.82) is 0 Å². The van der Waals surface area contributed by atoms with Crippen molar-refractivity contribution in [2.75, 3.05) is 6.61 Å². The molecule has 0 aromatic heterocycles. The third-order valence-electron chi connectivity index (χ3n) is 8.38. The van der Waals surface area contributed by atoms with Crippen LogP contribution in [0.5, 0.6) is 17.2 Å². The number of hydrogen-bond acceptors (Lipinski definition) is 4. The van der Waals surface area contributed by atoms with Gasteiger partial charge < -0.3 is 19.3 Å². The van der Waals surface area contributed by atoms with E-state index in [-0.39, 0.29) is 23.4 Å². The van der Waals surface area contributed by atoms with Gasteiger partial charge >= 0.3 is 5.97 Å². The second-order valence-electron chi connectivity index (χ2n) is 12.7. The van der Waals surface area contributed by atoms with Gasteiger partial charge in [0.05, 0.1) is 12.2 Å². The largest absolute Gasteiger partial charge is 0.482 e. The zero-order valence-electron chi connectivity index (χ0n) is 26.0. The number of carboxylic acid groups (broad SMARTS) is 1. The topological polar surface area (TPSA) is 65.0 Å². The maximum absolute atomic E-state index is 11.5. The molecule has 0 bridgehead atoms. The molecule has 44 heavy (non-hydrogen) atoms. The summed E-state index contributed by atoms with van der Waals surface area (Å²) in [6.07, 6.45) is 1.02. The summed E-state index contributed by atoms with van der Waals surface area (Å²) < 4.78 is 19.1. The SMILES string of the molecule is C=C(C)[C@@H]1C[C@@H](c2ccc(C(C)(C)C)cc2)[C@@H](Cc2ccccc2)O[C@H]1c1cc(Oc2ccccc2)ccc1OCC(=O)O. The number of hydrogen-bond donors (Lipinski definition) is 1. The van der Waals surface area contributed by atoms with Crippen molar-refractivity contribution in [3.8, 4) is 17.2 Å². The summed E-state index contributed by atoms with van der Waals surface area (Å²) in [6.45, 7) is 12.7. The summed E-state index contributed by atoms with van der Waals surface area (Å²) in [4.78, 5) is 11.5. The van der Waals surface area contributed by atoms with Crippen molar-refractivity contribution in [2.24, 2.45) is 5.92 Å². The fourth-order valence-electron chi connectivity index (χ4n) is 6.00. The third kappa shape index (κ3) is 7.59. The van der Waals surface area contributed by atoms with E-state index >= 15 is 0 Å². The minimum absolute atomic E-state index is 0.0338. The molecule has 4 aromatic carbocycles. The molecule has 0 amide bonds. The summed E-state index contributed by atoms with van der Waals surface area (Å²) in [6, 6.07) is 34.5. The van der Waals surface area contributed by atoms with Crippen molar-refractivity contribution >= 4 is 5.97 Å². The van der Waals surface area contributed by atoms with Crippen LogP contribution < -0.4 is 9.47 Å². The quantitative estimate of drug-likeness (QED) is 0.187. The Morgan fingerprint density at radius 2 is 1.57 bits per heavy atom. The van der Waals surface area contributed by atoms with Crippen LogP contribution in [0.4, 0.5) is 0 Å². The van der Waals surface area contributed by atoms with Gasteiger partial charge in [-0.25, -0.2) is 4.79 Å². The molecule has 1 aliphatic rings. The van der Waals surface area contributed by atoms with Crippen LogP contribution in [0.2, 0.25) is 0 Å². The van der Waals surface area contributed by atoms with Crippen molar-refractivity contribution < 1.29 is 24.1 Å². The Labute approximate surface area is 261 Å². The zero-order valence-corrected chi connectivity index (χ0v) is 26.0. The van der Waals surface area contributed by atoms with Gasteiger partial charge in [0, 0.05) is 17.4 Å². The molecule has 5 nitrogen and oxygen atoms in total. The van der Waals surface area contributed by atoms with E-state index in [1.165, 1.54) is 16.7 Å². The van der Waals surface area contributed by atoms with E-state index in [9.17, 15) is 9.90 Å². The Morgan fingerprint density at radius 1 is 0.909 bits per heavy atom. The van der Waals surface area contributed by atoms with Crippen molar-refractivity contribution in [1.82, 2.24) is 0 Å². The smallest absolute Gasteiger partial charge is 0.341 e. The molecule has 5 rings (SSSR count). The predicted molar refractivity (Wildman–Crippen MR) is 175 cm³/mol. The number of ether oxygens (including phenoxy) is 3. The lowest BCUT2D eigenvalue weighted by Crippen LogP contribution is -2.37. The van der Waals surface area contributed by atoms with Crippen LogP contribution in [-0.4, -0.2) is 23.8 Å². The van der Waals surface area contributed by atoms with Gasteiger partial charge in [-0.1, -0.05) is 106 Å². The summed E-state index contributed by atoms with van der Waals surface area (Å²) in [5.41, 5.74) is 5.56. The molecule has 1 aliphatic heterocycles. The molecule has 0 saturated carbocycles. The molecule has 1 fully saturated rings. The number of carboxylic acids is 1. The van der Waals surface area contributed by atoms with E-state index < -0.39 is 18.7 Å². The normalized spacial score (nSPS) is 20.1.